The van der Waals surface area contributed by atoms with Crippen LogP contribution in [0.3, 0.4) is 0 Å². The Morgan fingerprint density at radius 3 is 1.15 bits per heavy atom. The number of carbonyl (C=O) groups excluding carboxylic acids is 6. The number of rotatable bonds is 6. The van der Waals surface area contributed by atoms with Crippen LogP contribution in [-0.2, 0) is 18.9 Å². The molecule has 0 aliphatic carbocycles. The summed E-state index contributed by atoms with van der Waals surface area (Å²) >= 11 is 0. The van der Waals surface area contributed by atoms with E-state index < -0.39 is 46.8 Å². The first-order valence-electron chi connectivity index (χ1n) is 23.6. The molecule has 71 heavy (non-hydrogen) atoms. The summed E-state index contributed by atoms with van der Waals surface area (Å²) in [4.78, 5) is 93.3. The predicted octanol–water partition coefficient (Wildman–Crippen LogP) is 8.38. The standard InChI is InChI=1S/C51H70N10O10/c1-33-32-34(40(62)52-35-15-19-37(20-16-35)58-24-28-60(29-25-58)42(54-44(64)68-48(2,3)4)55-45(65)69-49(5,6)7)14-23-39(33)41(63)53-36-17-21-38(22-18-36)59-26-30-61(31-27-59)43(56-46(66)70-50(8,9)10)57-47(67)71-51(11,12)13/h14-23,32H,24-31H2,1-13H3,(H,52,62)(H,53,63)(H,54,55,64,65)(H,56,57,66,67). The lowest BCUT2D eigenvalue weighted by Gasteiger charge is -2.37. The summed E-state index contributed by atoms with van der Waals surface area (Å²) in [6.45, 7) is 26.6. The number of aryl methyl sites for hydroxylation is 1. The molecule has 20 nitrogen and oxygen atoms in total. The number of alkyl carbamates (subject to hydrolysis) is 2. The van der Waals surface area contributed by atoms with Crippen LogP contribution in [0.2, 0.25) is 0 Å². The van der Waals surface area contributed by atoms with Crippen molar-refractivity contribution >= 4 is 70.9 Å². The number of carbonyl (C=O) groups is 6. The SMILES string of the molecule is Cc1cc(C(=O)Nc2ccc(N3CCN(/C(=N\C(=O)OC(C)(C)C)NC(=O)OC(C)(C)C)CC3)cc2)ccc1C(=O)Nc1ccc(N2CCN(/C(=N/C(=O)OC(C)(C)C)NC(=O)OC(C)(C)C)CC2)cc1. The number of anilines is 4. The average Bonchev–Trinajstić information content (AvgIpc) is 3.24. The topological polar surface area (TPSA) is 225 Å². The second kappa shape index (κ2) is 22.6. The molecule has 384 valence electrons. The van der Waals surface area contributed by atoms with E-state index in [1.165, 1.54) is 0 Å². The molecule has 20 heteroatoms. The Balaban J connectivity index is 1.13. The predicted molar refractivity (Wildman–Crippen MR) is 274 cm³/mol. The Hall–Kier alpha value is -7.38. The molecule has 6 amide bonds. The van der Waals surface area contributed by atoms with Crippen LogP contribution in [0.4, 0.5) is 41.9 Å². The van der Waals surface area contributed by atoms with Crippen LogP contribution in [0.1, 0.15) is 109 Å². The van der Waals surface area contributed by atoms with Gasteiger partial charge in [-0.05, 0) is 162 Å². The molecule has 2 saturated heterocycles. The van der Waals surface area contributed by atoms with Crippen LogP contribution in [0.25, 0.3) is 0 Å². The average molecular weight is 983 g/mol. The lowest BCUT2D eigenvalue weighted by atomic mass is 10.0. The third-order valence-corrected chi connectivity index (χ3v) is 10.3. The molecule has 2 heterocycles. The maximum atomic E-state index is 13.4. The van der Waals surface area contributed by atoms with E-state index in [9.17, 15) is 28.8 Å². The summed E-state index contributed by atoms with van der Waals surface area (Å²) in [7, 11) is 0. The zero-order valence-corrected chi connectivity index (χ0v) is 43.3. The molecule has 0 aromatic heterocycles. The molecule has 3 aromatic rings. The highest BCUT2D eigenvalue weighted by molar-refractivity contribution is 6.08. The van der Waals surface area contributed by atoms with E-state index in [1.807, 2.05) is 48.5 Å². The molecule has 4 N–H and O–H groups in total. The summed E-state index contributed by atoms with van der Waals surface area (Å²) in [5.41, 5.74) is 1.39. The Kier molecular flexibility index (Phi) is 17.4. The third-order valence-electron chi connectivity index (χ3n) is 10.3. The number of piperazine rings is 2. The fourth-order valence-electron chi connectivity index (χ4n) is 7.21. The fraction of sp³-hybridized carbons (Fsp3) is 0.490. The Morgan fingerprint density at radius 2 is 0.817 bits per heavy atom. The highest BCUT2D eigenvalue weighted by Crippen LogP contribution is 2.24. The molecule has 0 bridgehead atoms. The highest BCUT2D eigenvalue weighted by Gasteiger charge is 2.29. The van der Waals surface area contributed by atoms with Crippen LogP contribution in [-0.4, -0.2) is 133 Å². The van der Waals surface area contributed by atoms with Crippen LogP contribution in [0.15, 0.2) is 76.7 Å². The minimum absolute atomic E-state index is 0.0456. The van der Waals surface area contributed by atoms with Crippen molar-refractivity contribution in [1.82, 2.24) is 20.4 Å². The molecule has 0 unspecified atom stereocenters. The number of nitrogens with zero attached hydrogens (tertiary/aromatic N) is 6. The van der Waals surface area contributed by atoms with Gasteiger partial charge in [0.15, 0.2) is 0 Å². The van der Waals surface area contributed by atoms with E-state index in [2.05, 4.69) is 41.1 Å². The molecule has 3 aromatic carbocycles. The number of benzene rings is 3. The van der Waals surface area contributed by atoms with Crippen LogP contribution in [0, 0.1) is 6.92 Å². The number of guanidine groups is 2. The maximum absolute atomic E-state index is 13.4. The van der Waals surface area contributed by atoms with E-state index in [1.54, 1.807) is 118 Å². The first-order chi connectivity index (χ1) is 33.0. The molecule has 0 saturated carbocycles. The zero-order chi connectivity index (χ0) is 52.5. The minimum Gasteiger partial charge on any atom is -0.444 e. The van der Waals surface area contributed by atoms with Crippen molar-refractivity contribution in [3.8, 4) is 0 Å². The van der Waals surface area contributed by atoms with Gasteiger partial charge in [0.2, 0.25) is 11.9 Å². The number of hydrogen-bond acceptors (Lipinski definition) is 12. The van der Waals surface area contributed by atoms with Crippen molar-refractivity contribution in [3.05, 3.63) is 83.4 Å². The second-order valence-corrected chi connectivity index (χ2v) is 21.1. The van der Waals surface area contributed by atoms with E-state index in [0.29, 0.717) is 80.4 Å². The molecule has 0 spiro atoms. The van der Waals surface area contributed by atoms with Crippen LogP contribution >= 0.6 is 0 Å². The van der Waals surface area contributed by atoms with Crippen molar-refractivity contribution in [2.75, 3.05) is 72.8 Å². The van der Waals surface area contributed by atoms with Crippen LogP contribution < -0.4 is 31.1 Å². The van der Waals surface area contributed by atoms with Crippen molar-refractivity contribution < 1.29 is 47.7 Å². The van der Waals surface area contributed by atoms with Gasteiger partial charge in [-0.25, -0.2) is 19.2 Å². The van der Waals surface area contributed by atoms with Crippen molar-refractivity contribution in [2.45, 2.75) is 112 Å². The largest absolute Gasteiger partial charge is 0.444 e. The molecular formula is C51H70N10O10. The number of nitrogens with one attached hydrogen (secondary N) is 4. The summed E-state index contributed by atoms with van der Waals surface area (Å²) in [5, 5.41) is 11.1. The number of aliphatic imine (C=N–C) groups is 2. The van der Waals surface area contributed by atoms with Gasteiger partial charge in [-0.3, -0.25) is 20.2 Å². The lowest BCUT2D eigenvalue weighted by Crippen LogP contribution is -2.54. The summed E-state index contributed by atoms with van der Waals surface area (Å²) in [6.07, 6.45) is -3.13. The molecular weight excluding hydrogens is 913 g/mol. The molecule has 0 atom stereocenters. The summed E-state index contributed by atoms with van der Waals surface area (Å²) < 4.78 is 21.5. The summed E-state index contributed by atoms with van der Waals surface area (Å²) in [6, 6.07) is 19.8. The van der Waals surface area contributed by atoms with Gasteiger partial charge < -0.3 is 49.2 Å². The van der Waals surface area contributed by atoms with Crippen molar-refractivity contribution in [3.63, 3.8) is 0 Å². The maximum Gasteiger partial charge on any atom is 0.437 e. The lowest BCUT2D eigenvalue weighted by molar-refractivity contribution is 0.0535. The molecule has 5 rings (SSSR count). The van der Waals surface area contributed by atoms with Gasteiger partial charge in [0, 0.05) is 86.2 Å². The van der Waals surface area contributed by atoms with Crippen LogP contribution in [0.5, 0.6) is 0 Å². The fourth-order valence-corrected chi connectivity index (χ4v) is 7.21. The molecule has 2 fully saturated rings. The molecule has 2 aliphatic heterocycles. The van der Waals surface area contributed by atoms with Gasteiger partial charge in [-0.1, -0.05) is 0 Å². The van der Waals surface area contributed by atoms with Gasteiger partial charge in [0.1, 0.15) is 22.4 Å². The first kappa shape index (κ1) is 54.6. The smallest absolute Gasteiger partial charge is 0.437 e. The van der Waals surface area contributed by atoms with Gasteiger partial charge in [-0.2, -0.15) is 0 Å². The van der Waals surface area contributed by atoms with E-state index in [4.69, 9.17) is 18.9 Å². The van der Waals surface area contributed by atoms with E-state index >= 15 is 0 Å². The van der Waals surface area contributed by atoms with Gasteiger partial charge in [0.05, 0.1) is 0 Å². The number of ether oxygens (including phenoxy) is 4. The molecule has 2 aliphatic rings. The summed E-state index contributed by atoms with van der Waals surface area (Å²) in [5.74, 6) is -0.570. The molecule has 0 radical (unpaired) electrons. The normalized spacial score (nSPS) is 15.1. The first-order valence-corrected chi connectivity index (χ1v) is 23.6. The quantitative estimate of drug-likeness (QED) is 0.103. The van der Waals surface area contributed by atoms with Gasteiger partial charge >= 0.3 is 24.4 Å². The Labute approximate surface area is 416 Å². The second-order valence-electron chi connectivity index (χ2n) is 21.1. The van der Waals surface area contributed by atoms with Gasteiger partial charge in [0.25, 0.3) is 11.8 Å². The Morgan fingerprint density at radius 1 is 0.465 bits per heavy atom. The highest BCUT2D eigenvalue weighted by atomic mass is 16.6. The third kappa shape index (κ3) is 17.8. The number of hydrogen-bond donors (Lipinski definition) is 4. The van der Waals surface area contributed by atoms with Crippen molar-refractivity contribution in [2.24, 2.45) is 9.98 Å². The van der Waals surface area contributed by atoms with Gasteiger partial charge in [-0.15, -0.1) is 9.98 Å². The zero-order valence-electron chi connectivity index (χ0n) is 43.3. The number of amides is 6. The van der Waals surface area contributed by atoms with Crippen molar-refractivity contribution in [1.29, 1.82) is 0 Å². The monoisotopic (exact) mass is 983 g/mol. The van der Waals surface area contributed by atoms with E-state index in [0.717, 1.165) is 11.4 Å². The Bertz CT molecular complexity index is 2470. The van der Waals surface area contributed by atoms with E-state index in [-0.39, 0.29) is 23.7 Å². The minimum atomic E-state index is -0.830.